The summed E-state index contributed by atoms with van der Waals surface area (Å²) in [7, 11) is 0. The Morgan fingerprint density at radius 2 is 1.23 bits per heavy atom. The van der Waals surface area contributed by atoms with Gasteiger partial charge in [0.05, 0.1) is 13.2 Å². The van der Waals surface area contributed by atoms with E-state index in [9.17, 15) is 30.0 Å². The summed E-state index contributed by atoms with van der Waals surface area (Å²) in [6.07, 6.45) is 21.9. The minimum Gasteiger partial charge on any atom is -0.462 e. The van der Waals surface area contributed by atoms with E-state index >= 15 is 0 Å². The van der Waals surface area contributed by atoms with E-state index in [1.54, 1.807) is 0 Å². The molecular weight excluding hydrogens is 604 g/mol. The molecule has 0 amide bonds. The Morgan fingerprint density at radius 3 is 1.89 bits per heavy atom. The fraction of sp³-hybridized carbons (Fsp3) is 0.784. The number of hydrogen-bond acceptors (Lipinski definition) is 10. The van der Waals surface area contributed by atoms with E-state index in [0.717, 1.165) is 25.7 Å². The molecule has 1 aliphatic heterocycles. The van der Waals surface area contributed by atoms with Gasteiger partial charge in [0.15, 0.2) is 12.4 Å². The fourth-order valence-electron chi connectivity index (χ4n) is 5.07. The minimum atomic E-state index is -1.60. The normalized spacial score (nSPS) is 22.4. The lowest BCUT2D eigenvalue weighted by Crippen LogP contribution is -2.59. The van der Waals surface area contributed by atoms with Crippen molar-refractivity contribution in [1.29, 1.82) is 0 Å². The van der Waals surface area contributed by atoms with Crippen molar-refractivity contribution in [2.24, 2.45) is 0 Å². The maximum atomic E-state index is 12.6. The maximum Gasteiger partial charge on any atom is 0.306 e. The standard InChI is InChI=1S/C37H64O10/c1-3-5-7-9-11-13-14-15-16-18-20-22-24-26-33(40)46-30(29-45-37-36(43)35(42)34(41)31(27-38)47-37)28-44-32(39)25-23-21-19-17-12-10-8-6-4-2/h15-17,19-20,22,30-31,34-38,41-43H,3-14,18,21,23-29H2,1-2H3/b16-15+,19-17+,22-20+/t30?,31-,34+,35?,36?,37-/m1/s1. The monoisotopic (exact) mass is 668 g/mol. The van der Waals surface area contributed by atoms with Gasteiger partial charge in [-0.25, -0.2) is 0 Å². The van der Waals surface area contributed by atoms with Crippen molar-refractivity contribution in [3.63, 3.8) is 0 Å². The van der Waals surface area contributed by atoms with Crippen molar-refractivity contribution >= 4 is 11.9 Å². The Bertz CT molecular complexity index is 871. The Kier molecular flexibility index (Phi) is 26.4. The van der Waals surface area contributed by atoms with E-state index in [0.29, 0.717) is 12.8 Å². The predicted molar refractivity (Wildman–Crippen MR) is 182 cm³/mol. The van der Waals surface area contributed by atoms with Gasteiger partial charge >= 0.3 is 11.9 Å². The minimum absolute atomic E-state index is 0.118. The first kappa shape index (κ1) is 42.9. The summed E-state index contributed by atoms with van der Waals surface area (Å²) >= 11 is 0. The lowest BCUT2D eigenvalue weighted by molar-refractivity contribution is -0.305. The van der Waals surface area contributed by atoms with Crippen molar-refractivity contribution in [3.05, 3.63) is 36.5 Å². The molecule has 0 spiro atoms. The number of carbonyl (C=O) groups excluding carboxylic acids is 2. The van der Waals surface area contributed by atoms with E-state index in [-0.39, 0.29) is 26.1 Å². The predicted octanol–water partition coefficient (Wildman–Crippen LogP) is 5.99. The van der Waals surface area contributed by atoms with Crippen LogP contribution in [0.3, 0.4) is 0 Å². The third kappa shape index (κ3) is 21.5. The molecule has 3 unspecified atom stereocenters. The second-order valence-corrected chi connectivity index (χ2v) is 12.3. The van der Waals surface area contributed by atoms with Crippen molar-refractivity contribution in [2.75, 3.05) is 19.8 Å². The van der Waals surface area contributed by atoms with Crippen LogP contribution in [0, 0.1) is 0 Å². The third-order valence-corrected chi connectivity index (χ3v) is 8.01. The highest BCUT2D eigenvalue weighted by molar-refractivity contribution is 5.70. The lowest BCUT2D eigenvalue weighted by atomic mass is 9.99. The van der Waals surface area contributed by atoms with Crippen LogP contribution in [0.2, 0.25) is 0 Å². The van der Waals surface area contributed by atoms with Crippen LogP contribution in [0.1, 0.15) is 129 Å². The number of hydrogen-bond donors (Lipinski definition) is 4. The van der Waals surface area contributed by atoms with Crippen LogP contribution in [0.4, 0.5) is 0 Å². The highest BCUT2D eigenvalue weighted by Gasteiger charge is 2.44. The fourth-order valence-corrected chi connectivity index (χ4v) is 5.07. The van der Waals surface area contributed by atoms with Crippen LogP contribution in [0.5, 0.6) is 0 Å². The zero-order valence-electron chi connectivity index (χ0n) is 29.0. The first-order valence-electron chi connectivity index (χ1n) is 18.1. The van der Waals surface area contributed by atoms with Gasteiger partial charge < -0.3 is 39.4 Å². The Hall–Kier alpha value is -2.08. The molecule has 6 atom stereocenters. The first-order chi connectivity index (χ1) is 22.8. The summed E-state index contributed by atoms with van der Waals surface area (Å²) in [6.45, 7) is 3.25. The molecular formula is C37H64O10. The van der Waals surface area contributed by atoms with Crippen LogP contribution in [-0.2, 0) is 28.5 Å². The van der Waals surface area contributed by atoms with Crippen molar-refractivity contribution < 1.29 is 49.0 Å². The summed E-state index contributed by atoms with van der Waals surface area (Å²) < 4.78 is 21.9. The topological polar surface area (TPSA) is 152 Å². The summed E-state index contributed by atoms with van der Waals surface area (Å²) in [5.41, 5.74) is 0. The molecule has 0 aromatic carbocycles. The number of unbranched alkanes of at least 4 members (excludes halogenated alkanes) is 11. The number of aliphatic hydroxyl groups excluding tert-OH is 4. The van der Waals surface area contributed by atoms with Crippen molar-refractivity contribution in [3.8, 4) is 0 Å². The highest BCUT2D eigenvalue weighted by atomic mass is 16.7. The van der Waals surface area contributed by atoms with Crippen LogP contribution >= 0.6 is 0 Å². The molecule has 47 heavy (non-hydrogen) atoms. The van der Waals surface area contributed by atoms with E-state index in [4.69, 9.17) is 18.9 Å². The molecule has 1 aliphatic rings. The van der Waals surface area contributed by atoms with Gasteiger partial charge in [0.2, 0.25) is 0 Å². The van der Waals surface area contributed by atoms with Crippen LogP contribution < -0.4 is 0 Å². The Morgan fingerprint density at radius 1 is 0.660 bits per heavy atom. The van der Waals surface area contributed by atoms with E-state index in [2.05, 4.69) is 38.2 Å². The average molecular weight is 669 g/mol. The van der Waals surface area contributed by atoms with E-state index in [1.165, 1.54) is 64.2 Å². The molecule has 1 fully saturated rings. The summed E-state index contributed by atoms with van der Waals surface area (Å²) in [5, 5.41) is 39.8. The van der Waals surface area contributed by atoms with Gasteiger partial charge in [-0.2, -0.15) is 0 Å². The molecule has 0 aromatic heterocycles. The molecule has 4 N–H and O–H groups in total. The number of ether oxygens (including phenoxy) is 4. The van der Waals surface area contributed by atoms with Gasteiger partial charge in [0.25, 0.3) is 0 Å². The van der Waals surface area contributed by atoms with Gasteiger partial charge in [-0.1, -0.05) is 102 Å². The number of allylic oxidation sites excluding steroid dienone is 6. The second kappa shape index (κ2) is 28.9. The molecule has 10 heteroatoms. The Labute approximate surface area is 283 Å². The van der Waals surface area contributed by atoms with Gasteiger partial charge in [-0.3, -0.25) is 9.59 Å². The quantitative estimate of drug-likeness (QED) is 0.0445. The lowest BCUT2D eigenvalue weighted by Gasteiger charge is -2.39. The molecule has 272 valence electrons. The summed E-state index contributed by atoms with van der Waals surface area (Å²) in [4.78, 5) is 25.0. The number of carbonyl (C=O) groups is 2. The van der Waals surface area contributed by atoms with Crippen molar-refractivity contribution in [2.45, 2.75) is 166 Å². The summed E-state index contributed by atoms with van der Waals surface area (Å²) in [5.74, 6) is -0.932. The zero-order valence-corrected chi connectivity index (χ0v) is 29.0. The van der Waals surface area contributed by atoms with Gasteiger partial charge in [-0.15, -0.1) is 0 Å². The zero-order chi connectivity index (χ0) is 34.5. The molecule has 0 aromatic rings. The van der Waals surface area contributed by atoms with Gasteiger partial charge in [0, 0.05) is 12.8 Å². The Balaban J connectivity index is 2.50. The van der Waals surface area contributed by atoms with E-state index < -0.39 is 55.4 Å². The second-order valence-electron chi connectivity index (χ2n) is 12.3. The average Bonchev–Trinajstić information content (AvgIpc) is 3.06. The molecule has 0 aliphatic carbocycles. The molecule has 1 heterocycles. The van der Waals surface area contributed by atoms with Crippen LogP contribution in [-0.4, -0.2) is 89.0 Å². The largest absolute Gasteiger partial charge is 0.462 e. The van der Waals surface area contributed by atoms with E-state index in [1.807, 2.05) is 12.2 Å². The van der Waals surface area contributed by atoms with Gasteiger partial charge in [-0.05, 0) is 51.4 Å². The number of rotatable bonds is 28. The smallest absolute Gasteiger partial charge is 0.306 e. The first-order valence-corrected chi connectivity index (χ1v) is 18.1. The highest BCUT2D eigenvalue weighted by Crippen LogP contribution is 2.22. The molecule has 1 rings (SSSR count). The van der Waals surface area contributed by atoms with Crippen LogP contribution in [0.15, 0.2) is 36.5 Å². The number of esters is 2. The van der Waals surface area contributed by atoms with Gasteiger partial charge in [0.1, 0.15) is 31.0 Å². The third-order valence-electron chi connectivity index (χ3n) is 8.01. The van der Waals surface area contributed by atoms with Crippen molar-refractivity contribution in [1.82, 2.24) is 0 Å². The number of aliphatic hydroxyl groups is 4. The molecule has 10 nitrogen and oxygen atoms in total. The SMILES string of the molecule is CCCCCC/C=C/CCCC(=O)OCC(CO[C@@H]1O[C@H](CO)[C@H](O)C(O)C1O)OC(=O)CC/C=C/C/C=C/CCCCCCCC. The molecule has 0 bridgehead atoms. The maximum absolute atomic E-state index is 12.6. The molecule has 0 saturated carbocycles. The summed E-state index contributed by atoms with van der Waals surface area (Å²) in [6, 6.07) is 0. The van der Waals surface area contributed by atoms with Crippen LogP contribution in [0.25, 0.3) is 0 Å². The molecule has 1 saturated heterocycles. The molecule has 0 radical (unpaired) electrons.